The number of hydrogen-bond acceptors (Lipinski definition) is 3. The lowest BCUT2D eigenvalue weighted by molar-refractivity contribution is -0.129. The van der Waals surface area contributed by atoms with Crippen LogP contribution in [0.25, 0.3) is 11.2 Å². The van der Waals surface area contributed by atoms with Gasteiger partial charge in [0.1, 0.15) is 5.52 Å². The molecule has 0 bridgehead atoms. The van der Waals surface area contributed by atoms with Gasteiger partial charge in [0.25, 0.3) is 0 Å². The smallest absolute Gasteiger partial charge is 0.219 e. The number of fused-ring (bicyclic) bond motifs is 1. The molecule has 20 heavy (non-hydrogen) atoms. The summed E-state index contributed by atoms with van der Waals surface area (Å²) in [6, 6.07) is 2.16. The van der Waals surface area contributed by atoms with Gasteiger partial charge in [0, 0.05) is 38.7 Å². The molecule has 5 nitrogen and oxygen atoms in total. The summed E-state index contributed by atoms with van der Waals surface area (Å²) in [4.78, 5) is 22.3. The molecule has 0 aromatic carbocycles. The molecule has 3 rings (SSSR count). The summed E-state index contributed by atoms with van der Waals surface area (Å²) in [5.41, 5.74) is 4.14. The summed E-state index contributed by atoms with van der Waals surface area (Å²) in [6.07, 6.45) is 3.84. The summed E-state index contributed by atoms with van der Waals surface area (Å²) in [6.45, 7) is 5.31. The van der Waals surface area contributed by atoms with Crippen LogP contribution in [-0.4, -0.2) is 38.4 Å². The van der Waals surface area contributed by atoms with Crippen LogP contribution in [0.5, 0.6) is 0 Å². The van der Waals surface area contributed by atoms with E-state index < -0.39 is 0 Å². The maximum atomic E-state index is 11.4. The molecule has 0 spiro atoms. The SMILES string of the molecule is CC(=O)N1CCC(c2cc3nc(C)cnc3n2C)CC1. The average molecular weight is 272 g/mol. The first-order valence-corrected chi connectivity index (χ1v) is 7.10. The average Bonchev–Trinajstić information content (AvgIpc) is 2.75. The normalized spacial score (nSPS) is 16.9. The number of rotatable bonds is 1. The highest BCUT2D eigenvalue weighted by Gasteiger charge is 2.24. The molecule has 2 aromatic rings. The molecule has 0 aliphatic carbocycles. The Labute approximate surface area is 118 Å². The number of aromatic nitrogens is 3. The molecule has 0 N–H and O–H groups in total. The van der Waals surface area contributed by atoms with E-state index in [0.717, 1.165) is 42.8 Å². The molecular weight excluding hydrogens is 252 g/mol. The highest BCUT2D eigenvalue weighted by molar-refractivity contribution is 5.74. The van der Waals surface area contributed by atoms with Crippen LogP contribution in [0, 0.1) is 6.92 Å². The molecule has 1 fully saturated rings. The minimum atomic E-state index is 0.180. The molecule has 1 amide bonds. The summed E-state index contributed by atoms with van der Waals surface area (Å²) in [7, 11) is 2.05. The van der Waals surface area contributed by atoms with E-state index in [1.165, 1.54) is 5.69 Å². The van der Waals surface area contributed by atoms with Gasteiger partial charge in [-0.25, -0.2) is 9.97 Å². The van der Waals surface area contributed by atoms with Gasteiger partial charge >= 0.3 is 0 Å². The number of likely N-dealkylation sites (tertiary alicyclic amines) is 1. The fourth-order valence-corrected chi connectivity index (χ4v) is 3.09. The lowest BCUT2D eigenvalue weighted by Gasteiger charge is -2.31. The Bertz CT molecular complexity index is 653. The van der Waals surface area contributed by atoms with Gasteiger partial charge in [-0.2, -0.15) is 0 Å². The van der Waals surface area contributed by atoms with Gasteiger partial charge < -0.3 is 9.47 Å². The molecule has 106 valence electrons. The van der Waals surface area contributed by atoms with E-state index >= 15 is 0 Å². The molecule has 1 aliphatic rings. The van der Waals surface area contributed by atoms with Gasteiger partial charge in [-0.05, 0) is 25.8 Å². The topological polar surface area (TPSA) is 51.0 Å². The van der Waals surface area contributed by atoms with Crippen LogP contribution in [0.4, 0.5) is 0 Å². The van der Waals surface area contributed by atoms with Crippen molar-refractivity contribution in [2.24, 2.45) is 7.05 Å². The number of nitrogens with zero attached hydrogens (tertiary/aromatic N) is 4. The zero-order chi connectivity index (χ0) is 14.3. The molecule has 3 heterocycles. The van der Waals surface area contributed by atoms with E-state index in [4.69, 9.17) is 0 Å². The minimum Gasteiger partial charge on any atom is -0.343 e. The molecule has 0 saturated carbocycles. The number of carbonyl (C=O) groups is 1. The molecule has 0 atom stereocenters. The van der Waals surface area contributed by atoms with E-state index in [-0.39, 0.29) is 5.91 Å². The van der Waals surface area contributed by atoms with Crippen LogP contribution in [0.3, 0.4) is 0 Å². The number of hydrogen-bond donors (Lipinski definition) is 0. The fraction of sp³-hybridized carbons (Fsp3) is 0.533. The number of carbonyl (C=O) groups excluding carboxylic acids is 1. The van der Waals surface area contributed by atoms with E-state index in [9.17, 15) is 4.79 Å². The summed E-state index contributed by atoms with van der Waals surface area (Å²) < 4.78 is 2.15. The second kappa shape index (κ2) is 4.89. The van der Waals surface area contributed by atoms with Crippen molar-refractivity contribution in [2.45, 2.75) is 32.6 Å². The molecule has 0 unspecified atom stereocenters. The van der Waals surface area contributed by atoms with Gasteiger partial charge in [0.05, 0.1) is 11.9 Å². The maximum Gasteiger partial charge on any atom is 0.219 e. The Morgan fingerprint density at radius 2 is 2.05 bits per heavy atom. The van der Waals surface area contributed by atoms with Crippen molar-refractivity contribution in [1.29, 1.82) is 0 Å². The van der Waals surface area contributed by atoms with Crippen LogP contribution in [0.15, 0.2) is 12.3 Å². The first-order valence-electron chi connectivity index (χ1n) is 7.10. The third kappa shape index (κ3) is 2.17. The third-order valence-corrected chi connectivity index (χ3v) is 4.25. The van der Waals surface area contributed by atoms with E-state index in [1.54, 1.807) is 6.92 Å². The van der Waals surface area contributed by atoms with Crippen LogP contribution < -0.4 is 0 Å². The zero-order valence-electron chi connectivity index (χ0n) is 12.3. The van der Waals surface area contributed by atoms with E-state index in [0.29, 0.717) is 5.92 Å². The monoisotopic (exact) mass is 272 g/mol. The molecule has 2 aromatic heterocycles. The third-order valence-electron chi connectivity index (χ3n) is 4.25. The largest absolute Gasteiger partial charge is 0.343 e. The Morgan fingerprint density at radius 1 is 1.35 bits per heavy atom. The lowest BCUT2D eigenvalue weighted by Crippen LogP contribution is -2.36. The predicted octanol–water partition coefficient (Wildman–Crippen LogP) is 2.00. The second-order valence-corrected chi connectivity index (χ2v) is 5.63. The Kier molecular flexibility index (Phi) is 3.20. The van der Waals surface area contributed by atoms with Gasteiger partial charge in [0.2, 0.25) is 5.91 Å². The molecule has 0 radical (unpaired) electrons. The van der Waals surface area contributed by atoms with Crippen molar-refractivity contribution >= 4 is 17.1 Å². The lowest BCUT2D eigenvalue weighted by atomic mass is 9.93. The van der Waals surface area contributed by atoms with Gasteiger partial charge in [-0.3, -0.25) is 4.79 Å². The number of aryl methyl sites for hydroxylation is 2. The van der Waals surface area contributed by atoms with Crippen LogP contribution in [-0.2, 0) is 11.8 Å². The highest BCUT2D eigenvalue weighted by atomic mass is 16.2. The van der Waals surface area contributed by atoms with Crippen molar-refractivity contribution in [3.05, 3.63) is 23.7 Å². The van der Waals surface area contributed by atoms with Crippen LogP contribution in [0.1, 0.15) is 37.1 Å². The van der Waals surface area contributed by atoms with E-state index in [1.807, 2.05) is 18.0 Å². The number of amides is 1. The van der Waals surface area contributed by atoms with Crippen LogP contribution in [0.2, 0.25) is 0 Å². The van der Waals surface area contributed by atoms with Crippen molar-refractivity contribution in [3.63, 3.8) is 0 Å². The van der Waals surface area contributed by atoms with Crippen LogP contribution >= 0.6 is 0 Å². The fourth-order valence-electron chi connectivity index (χ4n) is 3.09. The maximum absolute atomic E-state index is 11.4. The Morgan fingerprint density at radius 3 is 2.70 bits per heavy atom. The molecule has 1 saturated heterocycles. The minimum absolute atomic E-state index is 0.180. The standard InChI is InChI=1S/C15H20N4O/c1-10-9-16-15-13(17-10)8-14(18(15)3)12-4-6-19(7-5-12)11(2)20/h8-9,12H,4-7H2,1-3H3. The molecule has 5 heteroatoms. The van der Waals surface area contributed by atoms with Gasteiger partial charge in [-0.1, -0.05) is 0 Å². The summed E-state index contributed by atoms with van der Waals surface area (Å²) in [5.74, 6) is 0.673. The van der Waals surface area contributed by atoms with Crippen molar-refractivity contribution in [1.82, 2.24) is 19.4 Å². The van der Waals surface area contributed by atoms with Crippen molar-refractivity contribution in [3.8, 4) is 0 Å². The van der Waals surface area contributed by atoms with Gasteiger partial charge in [-0.15, -0.1) is 0 Å². The Hall–Kier alpha value is -1.91. The number of piperidine rings is 1. The summed E-state index contributed by atoms with van der Waals surface area (Å²) in [5, 5.41) is 0. The summed E-state index contributed by atoms with van der Waals surface area (Å²) >= 11 is 0. The Balaban J connectivity index is 1.88. The molecular formula is C15H20N4O. The van der Waals surface area contributed by atoms with Crippen molar-refractivity contribution in [2.75, 3.05) is 13.1 Å². The second-order valence-electron chi connectivity index (χ2n) is 5.63. The quantitative estimate of drug-likeness (QED) is 0.798. The van der Waals surface area contributed by atoms with E-state index in [2.05, 4.69) is 27.6 Å². The first kappa shape index (κ1) is 13.1. The molecule has 1 aliphatic heterocycles. The van der Waals surface area contributed by atoms with Gasteiger partial charge in [0.15, 0.2) is 5.65 Å². The predicted molar refractivity (Wildman–Crippen MR) is 77.5 cm³/mol. The van der Waals surface area contributed by atoms with Crippen molar-refractivity contribution < 1.29 is 4.79 Å². The highest BCUT2D eigenvalue weighted by Crippen LogP contribution is 2.30. The zero-order valence-corrected chi connectivity index (χ0v) is 12.3. The first-order chi connectivity index (χ1) is 9.56.